The number of sulfone groups is 2. The van der Waals surface area contributed by atoms with E-state index in [1.165, 1.54) is 93.6 Å². The van der Waals surface area contributed by atoms with Crippen molar-refractivity contribution in [2.24, 2.45) is 0 Å². The lowest BCUT2D eigenvalue weighted by Crippen LogP contribution is -2.44. The van der Waals surface area contributed by atoms with Crippen LogP contribution in [-0.2, 0) is 29.3 Å². The molecule has 0 saturated carbocycles. The number of carbonyl (C=O) groups is 2. The van der Waals surface area contributed by atoms with Crippen molar-refractivity contribution >= 4 is 77.0 Å². The quantitative estimate of drug-likeness (QED) is 0.220. The largest absolute Gasteiger partial charge is 0.360 e. The molecule has 2 heterocycles. The highest BCUT2D eigenvalue weighted by Crippen LogP contribution is 2.29. The van der Waals surface area contributed by atoms with Gasteiger partial charge in [-0.1, -0.05) is 28.4 Å². The molecule has 4 rings (SSSR count). The van der Waals surface area contributed by atoms with Crippen molar-refractivity contribution < 1.29 is 30.9 Å². The normalized spacial score (nSPS) is 12.2. The number of thiazole rings is 1. The maximum Gasteiger partial charge on any atom is 0.247 e. The first-order chi connectivity index (χ1) is 20.3. The highest BCUT2D eigenvalue weighted by Gasteiger charge is 2.44. The minimum absolute atomic E-state index is 0.0217. The number of carbonyl (C=O) groups excluding carboxylic acids is 2. The van der Waals surface area contributed by atoms with E-state index < -0.39 is 41.0 Å². The molecule has 2 aromatic heterocycles. The fourth-order valence-corrected chi connectivity index (χ4v) is 7.10. The molecular formula is C28H30Cl2N4O7S3. The van der Waals surface area contributed by atoms with Crippen molar-refractivity contribution in [2.75, 3.05) is 10.6 Å². The van der Waals surface area contributed by atoms with Gasteiger partial charge in [-0.15, -0.1) is 11.3 Å². The van der Waals surface area contributed by atoms with Crippen LogP contribution in [0, 0.1) is 13.8 Å². The summed E-state index contributed by atoms with van der Waals surface area (Å²) in [4.78, 5) is 28.9. The van der Waals surface area contributed by atoms with Gasteiger partial charge in [-0.05, 0) is 90.1 Å². The van der Waals surface area contributed by atoms with Crippen molar-refractivity contribution in [3.63, 3.8) is 0 Å². The Hall–Kier alpha value is -3.30. The number of benzene rings is 2. The zero-order valence-electron chi connectivity index (χ0n) is 24.5. The minimum Gasteiger partial charge on any atom is -0.360 e. The van der Waals surface area contributed by atoms with Gasteiger partial charge in [0, 0.05) is 21.5 Å². The summed E-state index contributed by atoms with van der Waals surface area (Å²) in [6.45, 7) is 8.86. The smallest absolute Gasteiger partial charge is 0.247 e. The topological polar surface area (TPSA) is 165 Å². The second-order valence-corrected chi connectivity index (χ2v) is 17.2. The molecule has 44 heavy (non-hydrogen) atoms. The predicted octanol–water partition coefficient (Wildman–Crippen LogP) is 6.12. The van der Waals surface area contributed by atoms with Crippen LogP contribution in [-0.4, -0.2) is 48.3 Å². The van der Waals surface area contributed by atoms with Crippen LogP contribution in [0.15, 0.2) is 74.3 Å². The van der Waals surface area contributed by atoms with E-state index in [0.717, 1.165) is 5.69 Å². The second-order valence-electron chi connectivity index (χ2n) is 10.5. The van der Waals surface area contributed by atoms with E-state index in [4.69, 9.17) is 27.7 Å². The summed E-state index contributed by atoms with van der Waals surface area (Å²) in [5, 5.41) is 11.6. The number of aromatic nitrogens is 2. The molecule has 11 nitrogen and oxygen atoms in total. The van der Waals surface area contributed by atoms with Crippen molar-refractivity contribution in [3.05, 3.63) is 81.5 Å². The second kappa shape index (κ2) is 13.4. The molecule has 2 amide bonds. The van der Waals surface area contributed by atoms with E-state index in [2.05, 4.69) is 20.8 Å². The monoisotopic (exact) mass is 700 g/mol. The van der Waals surface area contributed by atoms with Crippen LogP contribution in [0.25, 0.3) is 0 Å². The Balaban J connectivity index is 0.000000240. The Morgan fingerprint density at radius 3 is 1.57 bits per heavy atom. The highest BCUT2D eigenvalue weighted by molar-refractivity contribution is 7.94. The molecule has 4 aromatic rings. The van der Waals surface area contributed by atoms with Crippen LogP contribution in [0.1, 0.15) is 39.1 Å². The summed E-state index contributed by atoms with van der Waals surface area (Å²) in [5.41, 5.74) is 0.763. The summed E-state index contributed by atoms with van der Waals surface area (Å²) in [5.74, 6) is -0.650. The molecule has 0 fully saturated rings. The Bertz CT molecular complexity index is 1730. The zero-order valence-corrected chi connectivity index (χ0v) is 28.5. The molecule has 0 saturated heterocycles. The number of hydrogen-bond donors (Lipinski definition) is 2. The van der Waals surface area contributed by atoms with E-state index >= 15 is 0 Å². The van der Waals surface area contributed by atoms with Crippen LogP contribution < -0.4 is 10.6 Å². The number of nitrogens with zero attached hydrogens (tertiary/aromatic N) is 2. The first kappa shape index (κ1) is 35.2. The Morgan fingerprint density at radius 1 is 0.773 bits per heavy atom. The van der Waals surface area contributed by atoms with Crippen LogP contribution in [0.3, 0.4) is 0 Å². The molecule has 0 spiro atoms. The van der Waals surface area contributed by atoms with Crippen LogP contribution in [0.2, 0.25) is 10.0 Å². The van der Waals surface area contributed by atoms with Gasteiger partial charge in [-0.3, -0.25) is 9.59 Å². The number of aryl methyl sites for hydroxylation is 2. The number of rotatable bonds is 8. The van der Waals surface area contributed by atoms with Crippen molar-refractivity contribution in [2.45, 2.75) is 60.8 Å². The summed E-state index contributed by atoms with van der Waals surface area (Å²) >= 11 is 12.8. The number of anilines is 2. The molecule has 2 aromatic carbocycles. The number of amides is 2. The standard InChI is InChI=1S/C14H15ClN2O4S.C14H15ClN2O3S2/c1-9-8-12(17-21-9)16-13(18)14(2,3)22(19,20)11-6-4-10(15)5-7-11;1-9-8-21-13(16-9)17-12(18)14(2,3)22(19,20)11-6-4-10(15)5-7-11/h2*4-8H,1-3H3,(H,16,17,18). The fourth-order valence-electron chi connectivity index (χ4n) is 3.41. The molecule has 0 aliphatic heterocycles. The van der Waals surface area contributed by atoms with Gasteiger partial charge in [0.05, 0.1) is 15.5 Å². The molecule has 0 atom stereocenters. The third-order valence-corrected chi connectivity index (χ3v) is 12.6. The average Bonchev–Trinajstić information content (AvgIpc) is 3.55. The molecule has 0 aliphatic rings. The summed E-state index contributed by atoms with van der Waals surface area (Å²) in [6, 6.07) is 12.9. The van der Waals surface area contributed by atoms with Crippen LogP contribution in [0.4, 0.5) is 10.9 Å². The van der Waals surface area contributed by atoms with E-state index in [1.807, 2.05) is 0 Å². The SMILES string of the molecule is Cc1cc(NC(=O)C(C)(C)S(=O)(=O)c2ccc(Cl)cc2)no1.Cc1csc(NC(=O)C(C)(C)S(=O)(=O)c2ccc(Cl)cc2)n1. The van der Waals surface area contributed by atoms with Gasteiger partial charge in [0.15, 0.2) is 30.6 Å². The molecule has 236 valence electrons. The number of halogens is 2. The van der Waals surface area contributed by atoms with E-state index in [9.17, 15) is 26.4 Å². The van der Waals surface area contributed by atoms with E-state index in [0.29, 0.717) is 20.9 Å². The van der Waals surface area contributed by atoms with Gasteiger partial charge in [0.25, 0.3) is 0 Å². The van der Waals surface area contributed by atoms with Gasteiger partial charge >= 0.3 is 0 Å². The van der Waals surface area contributed by atoms with Gasteiger partial charge in [0.1, 0.15) is 15.3 Å². The average molecular weight is 702 g/mol. The Morgan fingerprint density at radius 2 is 1.20 bits per heavy atom. The summed E-state index contributed by atoms with van der Waals surface area (Å²) in [6.07, 6.45) is 0. The van der Waals surface area contributed by atoms with Crippen molar-refractivity contribution in [1.82, 2.24) is 10.1 Å². The zero-order chi connectivity index (χ0) is 33.1. The van der Waals surface area contributed by atoms with Crippen LogP contribution >= 0.6 is 34.5 Å². The first-order valence-electron chi connectivity index (χ1n) is 12.8. The maximum absolute atomic E-state index is 12.7. The third kappa shape index (κ3) is 7.67. The molecule has 2 N–H and O–H groups in total. The minimum atomic E-state index is -3.90. The summed E-state index contributed by atoms with van der Waals surface area (Å²) < 4.78 is 52.2. The van der Waals surface area contributed by atoms with Gasteiger partial charge in [-0.25, -0.2) is 21.8 Å². The lowest BCUT2D eigenvalue weighted by molar-refractivity contribution is -0.118. The molecular weight excluding hydrogens is 671 g/mol. The lowest BCUT2D eigenvalue weighted by Gasteiger charge is -2.23. The lowest BCUT2D eigenvalue weighted by atomic mass is 10.2. The molecule has 16 heteroatoms. The predicted molar refractivity (Wildman–Crippen MR) is 171 cm³/mol. The van der Waals surface area contributed by atoms with Gasteiger partial charge < -0.3 is 15.2 Å². The van der Waals surface area contributed by atoms with Gasteiger partial charge in [-0.2, -0.15) is 0 Å². The summed E-state index contributed by atoms with van der Waals surface area (Å²) in [7, 11) is -7.76. The van der Waals surface area contributed by atoms with Gasteiger partial charge in [0.2, 0.25) is 11.8 Å². The van der Waals surface area contributed by atoms with E-state index in [-0.39, 0.29) is 15.6 Å². The molecule has 0 unspecified atom stereocenters. The van der Waals surface area contributed by atoms with Crippen molar-refractivity contribution in [3.8, 4) is 0 Å². The number of hydrogen-bond acceptors (Lipinski definition) is 10. The number of nitrogens with one attached hydrogen (secondary N) is 2. The Labute approximate surface area is 269 Å². The molecule has 0 radical (unpaired) electrons. The van der Waals surface area contributed by atoms with E-state index in [1.54, 1.807) is 19.2 Å². The fraction of sp³-hybridized carbons (Fsp3) is 0.286. The molecule has 0 bridgehead atoms. The molecule has 0 aliphatic carbocycles. The highest BCUT2D eigenvalue weighted by atomic mass is 35.5. The van der Waals surface area contributed by atoms with Crippen molar-refractivity contribution in [1.29, 1.82) is 0 Å². The third-order valence-electron chi connectivity index (χ3n) is 6.39. The first-order valence-corrected chi connectivity index (χ1v) is 17.4. The Kier molecular flexibility index (Phi) is 10.7. The van der Waals surface area contributed by atoms with Crippen LogP contribution in [0.5, 0.6) is 0 Å². The maximum atomic E-state index is 12.7.